The summed E-state index contributed by atoms with van der Waals surface area (Å²) in [6, 6.07) is 15.9. The van der Waals surface area contributed by atoms with Crippen LogP contribution in [0.2, 0.25) is 0 Å². The van der Waals surface area contributed by atoms with E-state index in [1.807, 2.05) is 55.1 Å². The molecule has 7 heteroatoms. The third-order valence-electron chi connectivity index (χ3n) is 7.01. The zero-order valence-corrected chi connectivity index (χ0v) is 22.5. The van der Waals surface area contributed by atoms with Crippen LogP contribution in [0, 0.1) is 0 Å². The Kier molecular flexibility index (Phi) is 11.3. The van der Waals surface area contributed by atoms with E-state index in [9.17, 15) is 14.7 Å². The van der Waals surface area contributed by atoms with Gasteiger partial charge in [-0.25, -0.2) is 4.79 Å². The molecule has 0 aliphatic carbocycles. The third kappa shape index (κ3) is 7.71. The molecule has 1 N–H and O–H groups in total. The van der Waals surface area contributed by atoms with Gasteiger partial charge in [-0.2, -0.15) is 0 Å². The van der Waals surface area contributed by atoms with Crippen molar-refractivity contribution in [2.75, 3.05) is 42.6 Å². The maximum Gasteiger partial charge on any atom is 0.333 e. The quantitative estimate of drug-likeness (QED) is 0.285. The summed E-state index contributed by atoms with van der Waals surface area (Å²) in [6.07, 6.45) is 5.76. The van der Waals surface area contributed by atoms with Crippen LogP contribution in [0.3, 0.4) is 0 Å². The summed E-state index contributed by atoms with van der Waals surface area (Å²) in [4.78, 5) is 28.6. The van der Waals surface area contributed by atoms with E-state index in [2.05, 4.69) is 24.0 Å². The highest BCUT2D eigenvalue weighted by molar-refractivity contribution is 5.97. The molecule has 2 aromatic carbocycles. The first-order valence-corrected chi connectivity index (χ1v) is 13.7. The summed E-state index contributed by atoms with van der Waals surface area (Å²) in [5.41, 5.74) is 2.86. The number of nitrogens with zero attached hydrogens (tertiary/aromatic N) is 2. The number of unbranched alkanes of at least 4 members (excludes halogenated alkanes) is 4. The number of carbonyl (C=O) groups excluding carboxylic acids is 1. The van der Waals surface area contributed by atoms with Gasteiger partial charge < -0.3 is 24.4 Å². The molecule has 202 valence electrons. The molecule has 2 unspecified atom stereocenters. The standard InChI is InChI=1S/C30H42N2O5/c1-4-7-8-9-12-19-31(20-21-32-26-13-10-11-14-27(26)37-22-28(32)33)24-17-15-23(16-18-24)25(5-2)29(30(34)35)36-6-3/h10-11,13-18,25,29H,4-9,12,19-22H2,1-3H3,(H,34,35). The van der Waals surface area contributed by atoms with Crippen molar-refractivity contribution < 1.29 is 24.2 Å². The van der Waals surface area contributed by atoms with E-state index in [1.54, 1.807) is 0 Å². The lowest BCUT2D eigenvalue weighted by Crippen LogP contribution is -2.43. The molecule has 0 saturated heterocycles. The van der Waals surface area contributed by atoms with Crippen LogP contribution in [0.15, 0.2) is 48.5 Å². The lowest BCUT2D eigenvalue weighted by molar-refractivity contribution is -0.151. The zero-order chi connectivity index (χ0) is 26.6. The van der Waals surface area contributed by atoms with E-state index in [0.29, 0.717) is 26.1 Å². The van der Waals surface area contributed by atoms with Crippen molar-refractivity contribution in [2.24, 2.45) is 0 Å². The van der Waals surface area contributed by atoms with Gasteiger partial charge in [0.05, 0.1) is 5.69 Å². The van der Waals surface area contributed by atoms with Crippen molar-refractivity contribution in [2.45, 2.75) is 71.3 Å². The van der Waals surface area contributed by atoms with Gasteiger partial charge in [-0.3, -0.25) is 4.79 Å². The molecular weight excluding hydrogens is 468 g/mol. The molecule has 0 bridgehead atoms. The Morgan fingerprint density at radius 2 is 1.76 bits per heavy atom. The average Bonchev–Trinajstić information content (AvgIpc) is 2.91. The molecule has 7 nitrogen and oxygen atoms in total. The van der Waals surface area contributed by atoms with Crippen molar-refractivity contribution >= 4 is 23.3 Å². The minimum absolute atomic E-state index is 0.0293. The number of carboxylic acids is 1. The maximum atomic E-state index is 12.7. The second-order valence-electron chi connectivity index (χ2n) is 9.52. The van der Waals surface area contributed by atoms with Gasteiger partial charge in [0.15, 0.2) is 12.7 Å². The van der Waals surface area contributed by atoms with Crippen molar-refractivity contribution in [3.05, 3.63) is 54.1 Å². The summed E-state index contributed by atoms with van der Waals surface area (Å²) in [7, 11) is 0. The average molecular weight is 511 g/mol. The first kappa shape index (κ1) is 28.5. The largest absolute Gasteiger partial charge is 0.482 e. The number of carboxylic acid groups (broad SMARTS) is 1. The monoisotopic (exact) mass is 510 g/mol. The van der Waals surface area contributed by atoms with Gasteiger partial charge in [-0.1, -0.05) is 63.8 Å². The number of ether oxygens (including phenoxy) is 2. The molecule has 2 atom stereocenters. The van der Waals surface area contributed by atoms with Gasteiger partial charge in [-0.05, 0) is 49.6 Å². The summed E-state index contributed by atoms with van der Waals surface area (Å²) in [6.45, 7) is 8.62. The van der Waals surface area contributed by atoms with Crippen LogP contribution in [-0.2, 0) is 14.3 Å². The van der Waals surface area contributed by atoms with E-state index >= 15 is 0 Å². The summed E-state index contributed by atoms with van der Waals surface area (Å²) < 4.78 is 11.2. The fourth-order valence-electron chi connectivity index (χ4n) is 4.99. The van der Waals surface area contributed by atoms with Gasteiger partial charge in [0.25, 0.3) is 5.91 Å². The maximum absolute atomic E-state index is 12.7. The molecule has 1 heterocycles. The van der Waals surface area contributed by atoms with Crippen LogP contribution < -0.4 is 14.5 Å². The molecule has 0 radical (unpaired) electrons. The van der Waals surface area contributed by atoms with E-state index in [0.717, 1.165) is 35.7 Å². The highest BCUT2D eigenvalue weighted by atomic mass is 16.5. The second-order valence-corrected chi connectivity index (χ2v) is 9.52. The van der Waals surface area contributed by atoms with Crippen molar-refractivity contribution in [3.63, 3.8) is 0 Å². The number of fused-ring (bicyclic) bond motifs is 1. The molecule has 0 spiro atoms. The molecular formula is C30H42N2O5. The molecule has 1 amide bonds. The number of hydrogen-bond donors (Lipinski definition) is 1. The Bertz CT molecular complexity index is 994. The summed E-state index contributed by atoms with van der Waals surface area (Å²) in [5, 5.41) is 9.68. The van der Waals surface area contributed by atoms with Crippen LogP contribution in [-0.4, -0.2) is 55.9 Å². The number of rotatable bonds is 16. The fraction of sp³-hybridized carbons (Fsp3) is 0.533. The van der Waals surface area contributed by atoms with Crippen LogP contribution in [0.5, 0.6) is 5.75 Å². The fourth-order valence-corrected chi connectivity index (χ4v) is 4.99. The Morgan fingerprint density at radius 1 is 1.03 bits per heavy atom. The smallest absolute Gasteiger partial charge is 0.333 e. The SMILES string of the molecule is CCCCCCCN(CCN1C(=O)COc2ccccc21)c1ccc(C(CC)C(OCC)C(=O)O)cc1. The number of benzene rings is 2. The number of hydrogen-bond acceptors (Lipinski definition) is 5. The first-order chi connectivity index (χ1) is 18.0. The van der Waals surface area contributed by atoms with Crippen LogP contribution >= 0.6 is 0 Å². The van der Waals surface area contributed by atoms with E-state index in [-0.39, 0.29) is 18.4 Å². The Balaban J connectivity index is 1.76. The van der Waals surface area contributed by atoms with E-state index in [1.165, 1.54) is 25.7 Å². The lowest BCUT2D eigenvalue weighted by atomic mass is 9.90. The normalized spacial score (nSPS) is 14.6. The van der Waals surface area contributed by atoms with E-state index in [4.69, 9.17) is 9.47 Å². The molecule has 1 aliphatic rings. The van der Waals surface area contributed by atoms with Crippen LogP contribution in [0.1, 0.15) is 70.8 Å². The minimum atomic E-state index is -0.929. The highest BCUT2D eigenvalue weighted by Gasteiger charge is 2.29. The van der Waals surface area contributed by atoms with Crippen molar-refractivity contribution in [1.29, 1.82) is 0 Å². The summed E-state index contributed by atoms with van der Waals surface area (Å²) in [5.74, 6) is -0.428. The van der Waals surface area contributed by atoms with Crippen LogP contribution in [0.25, 0.3) is 0 Å². The van der Waals surface area contributed by atoms with Crippen molar-refractivity contribution in [3.8, 4) is 5.75 Å². The molecule has 3 rings (SSSR count). The zero-order valence-electron chi connectivity index (χ0n) is 22.5. The van der Waals surface area contributed by atoms with Gasteiger partial charge >= 0.3 is 5.97 Å². The van der Waals surface area contributed by atoms with E-state index < -0.39 is 12.1 Å². The molecule has 37 heavy (non-hydrogen) atoms. The van der Waals surface area contributed by atoms with Gasteiger partial charge in [0, 0.05) is 37.8 Å². The van der Waals surface area contributed by atoms with Gasteiger partial charge in [0.1, 0.15) is 5.75 Å². The first-order valence-electron chi connectivity index (χ1n) is 13.7. The predicted molar refractivity (Wildman–Crippen MR) is 148 cm³/mol. The Hall–Kier alpha value is -3.06. The predicted octanol–water partition coefficient (Wildman–Crippen LogP) is 5.87. The number of para-hydroxylation sites is 2. The number of anilines is 2. The molecule has 0 saturated carbocycles. The number of carbonyl (C=O) groups is 2. The Morgan fingerprint density at radius 3 is 2.43 bits per heavy atom. The topological polar surface area (TPSA) is 79.3 Å². The number of amides is 1. The van der Waals surface area contributed by atoms with Gasteiger partial charge in [0.2, 0.25) is 0 Å². The molecule has 0 aromatic heterocycles. The molecule has 1 aliphatic heterocycles. The minimum Gasteiger partial charge on any atom is -0.482 e. The molecule has 2 aromatic rings. The third-order valence-corrected chi connectivity index (χ3v) is 7.01. The highest BCUT2D eigenvalue weighted by Crippen LogP contribution is 2.32. The Labute approximate surface area is 221 Å². The second kappa shape index (κ2) is 14.6. The lowest BCUT2D eigenvalue weighted by Gasteiger charge is -2.33. The van der Waals surface area contributed by atoms with Crippen molar-refractivity contribution in [1.82, 2.24) is 0 Å². The summed E-state index contributed by atoms with van der Waals surface area (Å²) >= 11 is 0. The molecule has 0 fully saturated rings. The van der Waals surface area contributed by atoms with Gasteiger partial charge in [-0.15, -0.1) is 0 Å². The number of aliphatic carboxylic acids is 1. The van der Waals surface area contributed by atoms with Crippen LogP contribution in [0.4, 0.5) is 11.4 Å².